The second-order valence-electron chi connectivity index (χ2n) is 4.50. The molecule has 106 valence electrons. The molecule has 19 heavy (non-hydrogen) atoms. The molecule has 1 atom stereocenters. The Balaban J connectivity index is 2.23. The van der Waals surface area contributed by atoms with Gasteiger partial charge in [0.05, 0.1) is 6.61 Å². The minimum Gasteiger partial charge on any atom is -0.493 e. The number of rotatable bonds is 5. The highest BCUT2D eigenvalue weighted by Crippen LogP contribution is 2.35. The maximum Gasteiger partial charge on any atom is 0.218 e. The van der Waals surface area contributed by atoms with Crippen molar-refractivity contribution in [3.8, 4) is 5.75 Å². The second-order valence-corrected chi connectivity index (χ2v) is 6.82. The molecule has 1 heterocycles. The van der Waals surface area contributed by atoms with Crippen LogP contribution in [0.2, 0.25) is 0 Å². The summed E-state index contributed by atoms with van der Waals surface area (Å²) in [5.41, 5.74) is 0.748. The Morgan fingerprint density at radius 1 is 1.37 bits per heavy atom. The maximum atomic E-state index is 12.4. The van der Waals surface area contributed by atoms with Gasteiger partial charge >= 0.3 is 0 Å². The first-order chi connectivity index (χ1) is 9.15. The Morgan fingerprint density at radius 2 is 2.16 bits per heavy atom. The number of sulfonamides is 1. The quantitative estimate of drug-likeness (QED) is 0.671. The summed E-state index contributed by atoms with van der Waals surface area (Å²) in [6.07, 6.45) is 1.94. The third-order valence-corrected chi connectivity index (χ3v) is 5.23. The van der Waals surface area contributed by atoms with Gasteiger partial charge in [0.1, 0.15) is 11.0 Å². The van der Waals surface area contributed by atoms with E-state index in [0.717, 1.165) is 12.0 Å². The van der Waals surface area contributed by atoms with Gasteiger partial charge in [0, 0.05) is 18.0 Å². The molecule has 0 bridgehead atoms. The van der Waals surface area contributed by atoms with Crippen molar-refractivity contribution >= 4 is 21.6 Å². The van der Waals surface area contributed by atoms with Gasteiger partial charge in [0.25, 0.3) is 0 Å². The second kappa shape index (κ2) is 6.59. The van der Waals surface area contributed by atoms with Crippen molar-refractivity contribution in [2.45, 2.75) is 24.5 Å². The fraction of sp³-hybridized carbons (Fsp3) is 0.538. The first-order valence-electron chi connectivity index (χ1n) is 6.41. The van der Waals surface area contributed by atoms with Gasteiger partial charge in [-0.2, -0.15) is 0 Å². The molecule has 0 saturated heterocycles. The van der Waals surface area contributed by atoms with Crippen LogP contribution in [0.25, 0.3) is 0 Å². The van der Waals surface area contributed by atoms with Gasteiger partial charge in [-0.1, -0.05) is 18.2 Å². The average Bonchev–Trinajstić information content (AvgIpc) is 2.61. The summed E-state index contributed by atoms with van der Waals surface area (Å²) in [6, 6.07) is 7.34. The molecule has 1 aromatic carbocycles. The van der Waals surface area contributed by atoms with Crippen LogP contribution in [0.5, 0.6) is 5.75 Å². The SMILES string of the molecule is O=S(=O)(NCCCCl)C1CCCOc2ccccc21. The lowest BCUT2D eigenvalue weighted by molar-refractivity contribution is 0.316. The summed E-state index contributed by atoms with van der Waals surface area (Å²) in [4.78, 5) is 0. The lowest BCUT2D eigenvalue weighted by Crippen LogP contribution is -2.30. The van der Waals surface area contributed by atoms with Gasteiger partial charge in [-0.05, 0) is 25.3 Å². The number of alkyl halides is 1. The predicted molar refractivity (Wildman–Crippen MR) is 76.2 cm³/mol. The van der Waals surface area contributed by atoms with Gasteiger partial charge < -0.3 is 4.74 Å². The van der Waals surface area contributed by atoms with Crippen LogP contribution in [-0.4, -0.2) is 27.4 Å². The Kier molecular flexibility index (Phi) is 5.07. The van der Waals surface area contributed by atoms with E-state index in [0.29, 0.717) is 37.6 Å². The predicted octanol–water partition coefficient (Wildman–Crippen LogP) is 2.45. The van der Waals surface area contributed by atoms with Gasteiger partial charge in [-0.15, -0.1) is 11.6 Å². The van der Waals surface area contributed by atoms with Gasteiger partial charge in [-0.3, -0.25) is 0 Å². The summed E-state index contributed by atoms with van der Waals surface area (Å²) in [6.45, 7) is 0.941. The Bertz CT molecular complexity index is 518. The number of nitrogens with one attached hydrogen (secondary N) is 1. The molecule has 0 aliphatic carbocycles. The number of hydrogen-bond donors (Lipinski definition) is 1. The molecular weight excluding hydrogens is 286 g/mol. The van der Waals surface area contributed by atoms with Gasteiger partial charge in [-0.25, -0.2) is 13.1 Å². The molecule has 0 amide bonds. The zero-order chi connectivity index (χ0) is 13.7. The van der Waals surface area contributed by atoms with E-state index in [2.05, 4.69) is 4.72 Å². The zero-order valence-electron chi connectivity index (χ0n) is 10.6. The van der Waals surface area contributed by atoms with E-state index in [1.807, 2.05) is 24.3 Å². The van der Waals surface area contributed by atoms with Crippen LogP contribution >= 0.6 is 11.6 Å². The van der Waals surface area contributed by atoms with Crippen molar-refractivity contribution in [2.75, 3.05) is 19.0 Å². The molecule has 1 unspecified atom stereocenters. The van der Waals surface area contributed by atoms with E-state index >= 15 is 0 Å². The molecule has 1 aliphatic rings. The molecule has 1 aliphatic heterocycles. The van der Waals surface area contributed by atoms with E-state index in [1.165, 1.54) is 0 Å². The van der Waals surface area contributed by atoms with Gasteiger partial charge in [0.2, 0.25) is 10.0 Å². The highest BCUT2D eigenvalue weighted by Gasteiger charge is 2.30. The first kappa shape index (κ1) is 14.6. The molecule has 1 N–H and O–H groups in total. The van der Waals surface area contributed by atoms with Crippen molar-refractivity contribution in [1.82, 2.24) is 4.72 Å². The summed E-state index contributed by atoms with van der Waals surface area (Å²) in [7, 11) is -3.38. The van der Waals surface area contributed by atoms with E-state index < -0.39 is 15.3 Å². The van der Waals surface area contributed by atoms with Crippen molar-refractivity contribution < 1.29 is 13.2 Å². The van der Waals surface area contributed by atoms with Crippen molar-refractivity contribution in [3.05, 3.63) is 29.8 Å². The van der Waals surface area contributed by atoms with Crippen molar-refractivity contribution in [3.63, 3.8) is 0 Å². The summed E-state index contributed by atoms with van der Waals surface area (Å²) in [5, 5.41) is -0.540. The lowest BCUT2D eigenvalue weighted by atomic mass is 10.1. The highest BCUT2D eigenvalue weighted by molar-refractivity contribution is 7.89. The molecule has 0 spiro atoms. The number of hydrogen-bond acceptors (Lipinski definition) is 3. The fourth-order valence-electron chi connectivity index (χ4n) is 2.19. The van der Waals surface area contributed by atoms with Crippen LogP contribution in [0, 0.1) is 0 Å². The Hall–Kier alpha value is -0.780. The van der Waals surface area contributed by atoms with Crippen LogP contribution in [0.1, 0.15) is 30.1 Å². The number of halogens is 1. The van der Waals surface area contributed by atoms with E-state index in [9.17, 15) is 8.42 Å². The van der Waals surface area contributed by atoms with Crippen LogP contribution in [-0.2, 0) is 10.0 Å². The van der Waals surface area contributed by atoms with E-state index in [1.54, 1.807) is 0 Å². The van der Waals surface area contributed by atoms with E-state index in [-0.39, 0.29) is 0 Å². The van der Waals surface area contributed by atoms with Crippen molar-refractivity contribution in [1.29, 1.82) is 0 Å². The van der Waals surface area contributed by atoms with E-state index in [4.69, 9.17) is 16.3 Å². The topological polar surface area (TPSA) is 55.4 Å². The van der Waals surface area contributed by atoms with Crippen LogP contribution in [0.15, 0.2) is 24.3 Å². The summed E-state index contributed by atoms with van der Waals surface area (Å²) in [5.74, 6) is 1.13. The minimum absolute atomic E-state index is 0.380. The third-order valence-electron chi connectivity index (χ3n) is 3.12. The van der Waals surface area contributed by atoms with Gasteiger partial charge in [0.15, 0.2) is 0 Å². The molecule has 4 nitrogen and oxygen atoms in total. The molecule has 0 fully saturated rings. The first-order valence-corrected chi connectivity index (χ1v) is 8.49. The summed E-state index contributed by atoms with van der Waals surface area (Å²) < 4.78 is 32.9. The standard InChI is InChI=1S/C13H18ClNO3S/c14-8-4-9-15-19(16,17)13-7-3-10-18-12-6-2-1-5-11(12)13/h1-2,5-6,13,15H,3-4,7-10H2. The highest BCUT2D eigenvalue weighted by atomic mass is 35.5. The maximum absolute atomic E-state index is 12.4. The van der Waals surface area contributed by atoms with Crippen LogP contribution in [0.4, 0.5) is 0 Å². The summed E-state index contributed by atoms with van der Waals surface area (Å²) >= 11 is 5.57. The Labute approximate surface area is 119 Å². The molecule has 6 heteroatoms. The Morgan fingerprint density at radius 3 is 2.95 bits per heavy atom. The van der Waals surface area contributed by atoms with Crippen LogP contribution < -0.4 is 9.46 Å². The molecule has 1 aromatic rings. The number of benzene rings is 1. The molecular formula is C13H18ClNO3S. The smallest absolute Gasteiger partial charge is 0.218 e. The van der Waals surface area contributed by atoms with Crippen LogP contribution in [0.3, 0.4) is 0 Å². The third kappa shape index (κ3) is 3.61. The lowest BCUT2D eigenvalue weighted by Gasteiger charge is -2.17. The fourth-order valence-corrected chi connectivity index (χ4v) is 3.96. The number of ether oxygens (including phenoxy) is 1. The zero-order valence-corrected chi connectivity index (χ0v) is 12.2. The largest absolute Gasteiger partial charge is 0.493 e. The average molecular weight is 304 g/mol. The van der Waals surface area contributed by atoms with Crippen molar-refractivity contribution in [2.24, 2.45) is 0 Å². The number of para-hydroxylation sites is 1. The molecule has 0 radical (unpaired) electrons. The monoisotopic (exact) mass is 303 g/mol. The molecule has 0 aromatic heterocycles. The molecule has 2 rings (SSSR count). The molecule has 0 saturated carbocycles. The normalized spacial score (nSPS) is 19.3. The minimum atomic E-state index is -3.38. The number of fused-ring (bicyclic) bond motifs is 1.